The quantitative estimate of drug-likeness (QED) is 0.748. The molecule has 1 aliphatic carbocycles. The summed E-state index contributed by atoms with van der Waals surface area (Å²) in [5.41, 5.74) is 5.76. The highest BCUT2D eigenvalue weighted by atomic mass is 16.2. The van der Waals surface area contributed by atoms with E-state index in [0.29, 0.717) is 12.0 Å². The average Bonchev–Trinajstić information content (AvgIpc) is 2.73. The number of likely N-dealkylation sites (tertiary alicyclic amines) is 1. The predicted molar refractivity (Wildman–Crippen MR) is 60.3 cm³/mol. The Morgan fingerprint density at radius 2 is 2.13 bits per heavy atom. The summed E-state index contributed by atoms with van der Waals surface area (Å²) in [4.78, 5) is 13.9. The van der Waals surface area contributed by atoms with Gasteiger partial charge < -0.3 is 10.6 Å². The van der Waals surface area contributed by atoms with Gasteiger partial charge in [-0.05, 0) is 31.1 Å². The lowest BCUT2D eigenvalue weighted by Crippen LogP contribution is -2.42. The Morgan fingerprint density at radius 3 is 2.60 bits per heavy atom. The minimum absolute atomic E-state index is 0.184. The number of carbonyl (C=O) groups excluding carboxylic acids is 1. The molecule has 2 rings (SSSR count). The van der Waals surface area contributed by atoms with Crippen LogP contribution in [0.25, 0.3) is 0 Å². The molecule has 0 aromatic carbocycles. The van der Waals surface area contributed by atoms with Crippen molar-refractivity contribution in [2.24, 2.45) is 17.6 Å². The summed E-state index contributed by atoms with van der Waals surface area (Å²) < 4.78 is 0. The minimum Gasteiger partial charge on any atom is -0.338 e. The SMILES string of the molecule is CCC1CCC(N2CCC(N)C2=O)C1C. The molecule has 1 aliphatic heterocycles. The molecule has 1 heterocycles. The molecule has 1 saturated carbocycles. The van der Waals surface area contributed by atoms with Gasteiger partial charge in [-0.1, -0.05) is 20.3 Å². The van der Waals surface area contributed by atoms with Gasteiger partial charge in [0.15, 0.2) is 0 Å². The second-order valence-corrected chi connectivity index (χ2v) is 5.10. The minimum atomic E-state index is -0.224. The van der Waals surface area contributed by atoms with Crippen molar-refractivity contribution in [3.05, 3.63) is 0 Å². The average molecular weight is 210 g/mol. The second kappa shape index (κ2) is 4.12. The van der Waals surface area contributed by atoms with Crippen LogP contribution >= 0.6 is 0 Å². The number of hydrogen-bond donors (Lipinski definition) is 1. The predicted octanol–water partition coefficient (Wildman–Crippen LogP) is 1.37. The summed E-state index contributed by atoms with van der Waals surface area (Å²) in [5.74, 6) is 1.65. The van der Waals surface area contributed by atoms with Crippen LogP contribution in [0.1, 0.15) is 39.5 Å². The molecule has 3 nitrogen and oxygen atoms in total. The lowest BCUT2D eigenvalue weighted by Gasteiger charge is -2.29. The third-order valence-electron chi connectivity index (χ3n) is 4.39. The molecular formula is C12H22N2O. The summed E-state index contributed by atoms with van der Waals surface area (Å²) in [6.45, 7) is 5.43. The standard InChI is InChI=1S/C12H22N2O/c1-3-9-4-5-11(8(9)2)14-7-6-10(13)12(14)15/h8-11H,3-7,13H2,1-2H3. The van der Waals surface area contributed by atoms with E-state index in [1.807, 2.05) is 4.90 Å². The van der Waals surface area contributed by atoms with Gasteiger partial charge >= 0.3 is 0 Å². The molecule has 0 bridgehead atoms. The van der Waals surface area contributed by atoms with Crippen molar-refractivity contribution in [1.29, 1.82) is 0 Å². The first-order chi connectivity index (χ1) is 7.15. The highest BCUT2D eigenvalue weighted by Crippen LogP contribution is 2.38. The third kappa shape index (κ3) is 1.78. The maximum absolute atomic E-state index is 11.8. The summed E-state index contributed by atoms with van der Waals surface area (Å²) in [6, 6.07) is 0.244. The molecule has 1 amide bonds. The summed E-state index contributed by atoms with van der Waals surface area (Å²) in [5, 5.41) is 0. The maximum atomic E-state index is 11.8. The molecule has 0 aromatic heterocycles. The van der Waals surface area contributed by atoms with E-state index in [1.54, 1.807) is 0 Å². The van der Waals surface area contributed by atoms with Crippen LogP contribution in [0.5, 0.6) is 0 Å². The maximum Gasteiger partial charge on any atom is 0.239 e. The molecule has 2 N–H and O–H groups in total. The van der Waals surface area contributed by atoms with E-state index in [9.17, 15) is 4.79 Å². The first-order valence-corrected chi connectivity index (χ1v) is 6.21. The van der Waals surface area contributed by atoms with E-state index in [1.165, 1.54) is 19.3 Å². The Kier molecular flexibility index (Phi) is 3.01. The van der Waals surface area contributed by atoms with Crippen molar-refractivity contribution in [2.75, 3.05) is 6.54 Å². The van der Waals surface area contributed by atoms with Gasteiger partial charge in [-0.15, -0.1) is 0 Å². The number of nitrogens with zero attached hydrogens (tertiary/aromatic N) is 1. The Bertz CT molecular complexity index is 254. The Labute approximate surface area is 92.0 Å². The Morgan fingerprint density at radius 1 is 1.40 bits per heavy atom. The molecule has 1 saturated heterocycles. The largest absolute Gasteiger partial charge is 0.338 e. The molecule has 2 aliphatic rings. The molecular weight excluding hydrogens is 188 g/mol. The number of carbonyl (C=O) groups is 1. The van der Waals surface area contributed by atoms with Gasteiger partial charge in [-0.3, -0.25) is 4.79 Å². The van der Waals surface area contributed by atoms with Gasteiger partial charge in [0.25, 0.3) is 0 Å². The fourth-order valence-corrected chi connectivity index (χ4v) is 3.29. The van der Waals surface area contributed by atoms with Gasteiger partial charge in [0.05, 0.1) is 6.04 Å². The second-order valence-electron chi connectivity index (χ2n) is 5.10. The van der Waals surface area contributed by atoms with Crippen LogP contribution in [0.15, 0.2) is 0 Å². The zero-order chi connectivity index (χ0) is 11.0. The molecule has 4 unspecified atom stereocenters. The number of hydrogen-bond acceptors (Lipinski definition) is 2. The first kappa shape index (κ1) is 10.9. The van der Waals surface area contributed by atoms with Gasteiger partial charge in [0.2, 0.25) is 5.91 Å². The number of amides is 1. The van der Waals surface area contributed by atoms with Crippen LogP contribution < -0.4 is 5.73 Å². The van der Waals surface area contributed by atoms with Crippen LogP contribution in [-0.4, -0.2) is 29.4 Å². The van der Waals surface area contributed by atoms with E-state index in [4.69, 9.17) is 5.73 Å². The molecule has 2 fully saturated rings. The fraction of sp³-hybridized carbons (Fsp3) is 0.917. The van der Waals surface area contributed by atoms with Crippen LogP contribution in [0.2, 0.25) is 0 Å². The lowest BCUT2D eigenvalue weighted by atomic mass is 9.93. The number of nitrogens with two attached hydrogens (primary N) is 1. The van der Waals surface area contributed by atoms with E-state index < -0.39 is 0 Å². The Hall–Kier alpha value is -0.570. The van der Waals surface area contributed by atoms with E-state index in [2.05, 4.69) is 13.8 Å². The molecule has 0 radical (unpaired) electrons. The van der Waals surface area contributed by atoms with Crippen molar-refractivity contribution >= 4 is 5.91 Å². The van der Waals surface area contributed by atoms with Crippen molar-refractivity contribution in [3.8, 4) is 0 Å². The van der Waals surface area contributed by atoms with Gasteiger partial charge in [-0.2, -0.15) is 0 Å². The topological polar surface area (TPSA) is 46.3 Å². The van der Waals surface area contributed by atoms with Crippen molar-refractivity contribution in [3.63, 3.8) is 0 Å². The van der Waals surface area contributed by atoms with Gasteiger partial charge in [0, 0.05) is 12.6 Å². The third-order valence-corrected chi connectivity index (χ3v) is 4.39. The molecule has 0 spiro atoms. The summed E-state index contributed by atoms with van der Waals surface area (Å²) >= 11 is 0. The van der Waals surface area contributed by atoms with Crippen LogP contribution in [0.3, 0.4) is 0 Å². The molecule has 4 atom stereocenters. The molecule has 0 aromatic rings. The zero-order valence-corrected chi connectivity index (χ0v) is 9.78. The molecule has 15 heavy (non-hydrogen) atoms. The smallest absolute Gasteiger partial charge is 0.239 e. The van der Waals surface area contributed by atoms with Gasteiger partial charge in [-0.25, -0.2) is 0 Å². The highest BCUT2D eigenvalue weighted by molar-refractivity contribution is 5.84. The summed E-state index contributed by atoms with van der Waals surface area (Å²) in [7, 11) is 0. The van der Waals surface area contributed by atoms with Crippen molar-refractivity contribution in [2.45, 2.75) is 51.6 Å². The fourth-order valence-electron chi connectivity index (χ4n) is 3.29. The van der Waals surface area contributed by atoms with E-state index >= 15 is 0 Å². The van der Waals surface area contributed by atoms with E-state index in [0.717, 1.165) is 18.9 Å². The monoisotopic (exact) mass is 210 g/mol. The lowest BCUT2D eigenvalue weighted by molar-refractivity contribution is -0.131. The van der Waals surface area contributed by atoms with Crippen molar-refractivity contribution < 1.29 is 4.79 Å². The molecule has 86 valence electrons. The van der Waals surface area contributed by atoms with Crippen LogP contribution in [0, 0.1) is 11.8 Å². The van der Waals surface area contributed by atoms with Crippen LogP contribution in [0.4, 0.5) is 0 Å². The summed E-state index contributed by atoms with van der Waals surface area (Å²) in [6.07, 6.45) is 4.55. The van der Waals surface area contributed by atoms with Crippen molar-refractivity contribution in [1.82, 2.24) is 4.90 Å². The molecule has 3 heteroatoms. The van der Waals surface area contributed by atoms with Gasteiger partial charge in [0.1, 0.15) is 0 Å². The van der Waals surface area contributed by atoms with E-state index in [-0.39, 0.29) is 11.9 Å². The first-order valence-electron chi connectivity index (χ1n) is 6.21. The Balaban J connectivity index is 2.03. The zero-order valence-electron chi connectivity index (χ0n) is 9.78. The van der Waals surface area contributed by atoms with Crippen LogP contribution in [-0.2, 0) is 4.79 Å². The highest BCUT2D eigenvalue weighted by Gasteiger charge is 2.41. The number of rotatable bonds is 2. The normalized spacial score (nSPS) is 41.5.